The first kappa shape index (κ1) is 17.5. The lowest BCUT2D eigenvalue weighted by atomic mass is 9.79. The molecule has 1 aliphatic carbocycles. The van der Waals surface area contributed by atoms with Gasteiger partial charge in [-0.05, 0) is 56.6 Å². The van der Waals surface area contributed by atoms with Gasteiger partial charge in [0, 0.05) is 0 Å². The number of benzene rings is 1. The quantitative estimate of drug-likeness (QED) is 0.809. The van der Waals surface area contributed by atoms with Crippen molar-refractivity contribution >= 4 is 11.9 Å². The number of carboxylic acid groups (broad SMARTS) is 1. The molecular weight excluding hydrogens is 294 g/mol. The minimum Gasteiger partial charge on any atom is -0.480 e. The summed E-state index contributed by atoms with van der Waals surface area (Å²) in [5, 5.41) is 12.0. The highest BCUT2D eigenvalue weighted by Crippen LogP contribution is 2.34. The third-order valence-electron chi connectivity index (χ3n) is 4.19. The van der Waals surface area contributed by atoms with E-state index < -0.39 is 12.0 Å². The van der Waals surface area contributed by atoms with Gasteiger partial charge in [0.15, 0.2) is 0 Å². The lowest BCUT2D eigenvalue weighted by Gasteiger charge is -2.28. The number of amides is 1. The van der Waals surface area contributed by atoms with Gasteiger partial charge in [0.1, 0.15) is 12.6 Å². The van der Waals surface area contributed by atoms with Gasteiger partial charge in [-0.1, -0.05) is 24.3 Å². The summed E-state index contributed by atoms with van der Waals surface area (Å²) >= 11 is 0. The van der Waals surface area contributed by atoms with Crippen LogP contribution in [0.15, 0.2) is 24.3 Å². The molecule has 0 aromatic heterocycles. The molecule has 0 saturated heterocycles. The first-order chi connectivity index (χ1) is 11.0. The zero-order valence-electron chi connectivity index (χ0n) is 13.7. The first-order valence-electron chi connectivity index (χ1n) is 8.19. The Morgan fingerprint density at radius 2 is 2.09 bits per heavy atom. The van der Waals surface area contributed by atoms with Crippen molar-refractivity contribution in [2.45, 2.75) is 57.6 Å². The van der Waals surface area contributed by atoms with Crippen LogP contribution in [0.5, 0.6) is 0 Å². The van der Waals surface area contributed by atoms with Crippen molar-refractivity contribution < 1.29 is 19.4 Å². The topological polar surface area (TPSA) is 75.6 Å². The second-order valence-electron chi connectivity index (χ2n) is 6.34. The predicted molar refractivity (Wildman–Crippen MR) is 87.4 cm³/mol. The van der Waals surface area contributed by atoms with Crippen molar-refractivity contribution in [3.63, 3.8) is 0 Å². The van der Waals surface area contributed by atoms with E-state index in [1.165, 1.54) is 11.1 Å². The average molecular weight is 319 g/mol. The second-order valence-corrected chi connectivity index (χ2v) is 6.34. The number of carbonyl (C=O) groups excluding carboxylic acids is 1. The van der Waals surface area contributed by atoms with E-state index in [-0.39, 0.29) is 24.5 Å². The van der Waals surface area contributed by atoms with Gasteiger partial charge >= 0.3 is 5.97 Å². The molecule has 0 saturated carbocycles. The summed E-state index contributed by atoms with van der Waals surface area (Å²) in [5.41, 5.74) is 2.51. The Kier molecular flexibility index (Phi) is 6.16. The summed E-state index contributed by atoms with van der Waals surface area (Å²) < 4.78 is 5.23. The van der Waals surface area contributed by atoms with E-state index in [2.05, 4.69) is 17.4 Å². The molecule has 1 aliphatic rings. The molecule has 5 nitrogen and oxygen atoms in total. The lowest BCUT2D eigenvalue weighted by Crippen LogP contribution is -2.43. The van der Waals surface area contributed by atoms with Crippen LogP contribution in [-0.2, 0) is 20.7 Å². The van der Waals surface area contributed by atoms with Crippen LogP contribution >= 0.6 is 0 Å². The van der Waals surface area contributed by atoms with Gasteiger partial charge in [0.2, 0.25) is 5.91 Å². The first-order valence-corrected chi connectivity index (χ1v) is 8.19. The number of rotatable bonds is 7. The fourth-order valence-corrected chi connectivity index (χ4v) is 3.08. The predicted octanol–water partition coefficient (Wildman–Crippen LogP) is 2.49. The molecule has 1 aromatic rings. The largest absolute Gasteiger partial charge is 0.480 e. The Morgan fingerprint density at radius 3 is 2.78 bits per heavy atom. The number of carboxylic acids is 1. The molecule has 2 atom stereocenters. The van der Waals surface area contributed by atoms with E-state index in [4.69, 9.17) is 4.74 Å². The Hall–Kier alpha value is -1.88. The fraction of sp³-hybridized carbons (Fsp3) is 0.556. The number of nitrogens with one attached hydrogen (secondary N) is 1. The van der Waals surface area contributed by atoms with E-state index in [1.807, 2.05) is 26.0 Å². The van der Waals surface area contributed by atoms with E-state index in [1.54, 1.807) is 0 Å². The molecule has 1 aromatic carbocycles. The van der Waals surface area contributed by atoms with E-state index in [0.29, 0.717) is 6.42 Å². The number of ether oxygens (including phenoxy) is 1. The second kappa shape index (κ2) is 8.11. The Labute approximate surface area is 137 Å². The highest BCUT2D eigenvalue weighted by Gasteiger charge is 2.28. The zero-order chi connectivity index (χ0) is 16.8. The number of aliphatic carboxylic acids is 1. The lowest BCUT2D eigenvalue weighted by molar-refractivity contribution is -0.143. The third-order valence-corrected chi connectivity index (χ3v) is 4.19. The van der Waals surface area contributed by atoms with Gasteiger partial charge in [-0.3, -0.25) is 4.79 Å². The van der Waals surface area contributed by atoms with Gasteiger partial charge in [0.05, 0.1) is 6.10 Å². The van der Waals surface area contributed by atoms with Crippen LogP contribution in [0, 0.1) is 0 Å². The smallest absolute Gasteiger partial charge is 0.326 e. The van der Waals surface area contributed by atoms with Crippen LogP contribution in [0.25, 0.3) is 0 Å². The van der Waals surface area contributed by atoms with Crippen LogP contribution in [0.3, 0.4) is 0 Å². The summed E-state index contributed by atoms with van der Waals surface area (Å²) in [6.45, 7) is 3.56. The molecule has 0 bridgehead atoms. The van der Waals surface area contributed by atoms with E-state index >= 15 is 0 Å². The third kappa shape index (κ3) is 5.06. The summed E-state index contributed by atoms with van der Waals surface area (Å²) in [4.78, 5) is 23.4. The van der Waals surface area contributed by atoms with Gasteiger partial charge in [0.25, 0.3) is 0 Å². The van der Waals surface area contributed by atoms with Gasteiger partial charge in [-0.25, -0.2) is 4.79 Å². The SMILES string of the molecule is CC(C)OCC(=O)NC(CC1CCCc2ccccc21)C(=O)O. The maximum atomic E-state index is 11.9. The summed E-state index contributed by atoms with van der Waals surface area (Å²) in [6.07, 6.45) is 3.41. The monoisotopic (exact) mass is 319 g/mol. The number of hydrogen-bond acceptors (Lipinski definition) is 3. The molecule has 0 heterocycles. The molecule has 2 N–H and O–H groups in total. The standard InChI is InChI=1S/C18H25NO4/c1-12(2)23-11-17(20)19-16(18(21)22)10-14-8-5-7-13-6-3-4-9-15(13)14/h3-4,6,9,12,14,16H,5,7-8,10-11H2,1-2H3,(H,19,20)(H,21,22). The Morgan fingerprint density at radius 1 is 1.35 bits per heavy atom. The summed E-state index contributed by atoms with van der Waals surface area (Å²) in [7, 11) is 0. The van der Waals surface area contributed by atoms with Crippen LogP contribution in [0.2, 0.25) is 0 Å². The molecule has 23 heavy (non-hydrogen) atoms. The van der Waals surface area contributed by atoms with Crippen molar-refractivity contribution in [1.82, 2.24) is 5.32 Å². The number of fused-ring (bicyclic) bond motifs is 1. The molecule has 2 rings (SSSR count). The zero-order valence-corrected chi connectivity index (χ0v) is 13.7. The van der Waals surface area contributed by atoms with Crippen LogP contribution < -0.4 is 5.32 Å². The summed E-state index contributed by atoms with van der Waals surface area (Å²) in [5.74, 6) is -1.20. The Bertz CT molecular complexity index is 556. The molecule has 0 aliphatic heterocycles. The Balaban J connectivity index is 2.00. The van der Waals surface area contributed by atoms with E-state index in [9.17, 15) is 14.7 Å². The molecule has 2 unspecified atom stereocenters. The minimum absolute atomic E-state index is 0.0609. The average Bonchev–Trinajstić information content (AvgIpc) is 2.52. The van der Waals surface area contributed by atoms with Crippen LogP contribution in [0.4, 0.5) is 0 Å². The van der Waals surface area contributed by atoms with Crippen molar-refractivity contribution in [3.8, 4) is 0 Å². The molecule has 5 heteroatoms. The number of aryl methyl sites for hydroxylation is 1. The van der Waals surface area contributed by atoms with E-state index in [0.717, 1.165) is 19.3 Å². The minimum atomic E-state index is -0.994. The van der Waals surface area contributed by atoms with Crippen molar-refractivity contribution in [3.05, 3.63) is 35.4 Å². The normalized spacial score (nSPS) is 18.3. The number of hydrogen-bond donors (Lipinski definition) is 2. The van der Waals surface area contributed by atoms with Crippen molar-refractivity contribution in [2.24, 2.45) is 0 Å². The fourth-order valence-electron chi connectivity index (χ4n) is 3.08. The maximum Gasteiger partial charge on any atom is 0.326 e. The van der Waals surface area contributed by atoms with Crippen molar-refractivity contribution in [1.29, 1.82) is 0 Å². The molecular formula is C18H25NO4. The molecule has 0 spiro atoms. The molecule has 0 radical (unpaired) electrons. The molecule has 0 fully saturated rings. The molecule has 126 valence electrons. The number of carbonyl (C=O) groups is 2. The van der Waals surface area contributed by atoms with Crippen molar-refractivity contribution in [2.75, 3.05) is 6.61 Å². The molecule has 1 amide bonds. The summed E-state index contributed by atoms with van der Waals surface area (Å²) in [6, 6.07) is 7.30. The highest BCUT2D eigenvalue weighted by atomic mass is 16.5. The van der Waals surface area contributed by atoms with Gasteiger partial charge < -0.3 is 15.2 Å². The van der Waals surface area contributed by atoms with Gasteiger partial charge in [-0.2, -0.15) is 0 Å². The van der Waals surface area contributed by atoms with Crippen LogP contribution in [0.1, 0.15) is 50.2 Å². The maximum absolute atomic E-state index is 11.9. The van der Waals surface area contributed by atoms with Gasteiger partial charge in [-0.15, -0.1) is 0 Å². The highest BCUT2D eigenvalue weighted by molar-refractivity contribution is 5.84. The van der Waals surface area contributed by atoms with Crippen LogP contribution in [-0.4, -0.2) is 35.7 Å².